The first kappa shape index (κ1) is 22.8. The number of hydrogen-bond donors (Lipinski definition) is 0. The fraction of sp³-hybridized carbons (Fsp3) is 0.185. The lowest BCUT2D eigenvalue weighted by Gasteiger charge is -2.31. The van der Waals surface area contributed by atoms with Gasteiger partial charge in [-0.25, -0.2) is 0 Å². The van der Waals surface area contributed by atoms with Gasteiger partial charge in [0.2, 0.25) is 0 Å². The Balaban J connectivity index is 1.96. The van der Waals surface area contributed by atoms with Gasteiger partial charge in [-0.3, -0.25) is 14.5 Å². The van der Waals surface area contributed by atoms with Gasteiger partial charge in [-0.05, 0) is 43.2 Å². The van der Waals surface area contributed by atoms with Crippen LogP contribution in [0.4, 0.5) is 5.69 Å². The van der Waals surface area contributed by atoms with E-state index in [0.717, 1.165) is 16.8 Å². The van der Waals surface area contributed by atoms with Crippen LogP contribution in [0.5, 0.6) is 5.75 Å². The van der Waals surface area contributed by atoms with Crippen molar-refractivity contribution in [3.05, 3.63) is 108 Å². The van der Waals surface area contributed by atoms with E-state index in [9.17, 15) is 9.59 Å². The number of ether oxygens (including phenoxy) is 1. The van der Waals surface area contributed by atoms with Crippen LogP contribution in [0.3, 0.4) is 0 Å². The summed E-state index contributed by atoms with van der Waals surface area (Å²) in [7, 11) is 1.62. The average molecular weight is 429 g/mol. The summed E-state index contributed by atoms with van der Waals surface area (Å²) >= 11 is 0. The molecule has 5 nitrogen and oxygen atoms in total. The fourth-order valence-electron chi connectivity index (χ4n) is 3.61. The van der Waals surface area contributed by atoms with E-state index in [0.29, 0.717) is 29.1 Å². The van der Waals surface area contributed by atoms with Gasteiger partial charge in [0.25, 0.3) is 11.8 Å². The maximum atomic E-state index is 12.9. The zero-order valence-corrected chi connectivity index (χ0v) is 18.8. The fourth-order valence-corrected chi connectivity index (χ4v) is 3.61. The van der Waals surface area contributed by atoms with Crippen molar-refractivity contribution < 1.29 is 14.3 Å². The molecule has 0 bridgehead atoms. The summed E-state index contributed by atoms with van der Waals surface area (Å²) in [6, 6.07) is 12.7. The van der Waals surface area contributed by atoms with Crippen LogP contribution in [0.15, 0.2) is 91.2 Å². The Hall–Kier alpha value is -3.86. The highest BCUT2D eigenvalue weighted by Crippen LogP contribution is 2.30. The van der Waals surface area contributed by atoms with E-state index in [4.69, 9.17) is 4.74 Å². The van der Waals surface area contributed by atoms with Gasteiger partial charge in [0, 0.05) is 24.0 Å². The predicted octanol–water partition coefficient (Wildman–Crippen LogP) is 5.31. The van der Waals surface area contributed by atoms with Crippen molar-refractivity contribution in [2.45, 2.75) is 13.8 Å². The Bertz CT molecular complexity index is 1090. The van der Waals surface area contributed by atoms with Gasteiger partial charge in [0.1, 0.15) is 5.75 Å². The lowest BCUT2D eigenvalue weighted by molar-refractivity contribution is 0.0667. The normalized spacial score (nSPS) is 13.5. The van der Waals surface area contributed by atoms with Gasteiger partial charge in [-0.2, -0.15) is 0 Å². The smallest absolute Gasteiger partial charge is 0.261 e. The minimum atomic E-state index is -0.303. The van der Waals surface area contributed by atoms with Crippen LogP contribution in [-0.2, 0) is 0 Å². The van der Waals surface area contributed by atoms with Gasteiger partial charge in [-0.15, -0.1) is 0 Å². The predicted molar refractivity (Wildman–Crippen MR) is 129 cm³/mol. The number of methoxy groups -OCH3 is 1. The maximum absolute atomic E-state index is 12.9. The Morgan fingerprint density at radius 2 is 1.78 bits per heavy atom. The summed E-state index contributed by atoms with van der Waals surface area (Å²) < 4.78 is 5.42. The summed E-state index contributed by atoms with van der Waals surface area (Å²) in [5, 5.41) is 0. The molecule has 164 valence electrons. The number of hydrogen-bond acceptors (Lipinski definition) is 4. The SMILES string of the molecule is C=C/C(=C\C=C/C)CN(C(=C)CN1C(=O)c2ccccc2C1=O)c1cc(OC)ccc1C. The third-order valence-electron chi connectivity index (χ3n) is 5.41. The summed E-state index contributed by atoms with van der Waals surface area (Å²) in [6.45, 7) is 12.7. The molecule has 0 saturated carbocycles. The van der Waals surface area contributed by atoms with Crippen LogP contribution in [0.2, 0.25) is 0 Å². The van der Waals surface area contributed by atoms with E-state index in [1.807, 2.05) is 55.2 Å². The molecule has 0 radical (unpaired) electrons. The van der Waals surface area contributed by atoms with Gasteiger partial charge in [0.15, 0.2) is 0 Å². The summed E-state index contributed by atoms with van der Waals surface area (Å²) in [4.78, 5) is 29.0. The molecule has 2 aromatic carbocycles. The Morgan fingerprint density at radius 3 is 2.34 bits per heavy atom. The van der Waals surface area contributed by atoms with Crippen LogP contribution in [0.1, 0.15) is 33.2 Å². The topological polar surface area (TPSA) is 49.9 Å². The number of aryl methyl sites for hydroxylation is 1. The van der Waals surface area contributed by atoms with Crippen LogP contribution >= 0.6 is 0 Å². The number of amides is 2. The first-order valence-electron chi connectivity index (χ1n) is 10.4. The molecule has 0 atom stereocenters. The largest absolute Gasteiger partial charge is 0.497 e. The van der Waals surface area contributed by atoms with E-state index in [1.165, 1.54) is 4.90 Å². The molecule has 0 aliphatic carbocycles. The van der Waals surface area contributed by atoms with Crippen LogP contribution in [0.25, 0.3) is 0 Å². The zero-order valence-electron chi connectivity index (χ0n) is 18.8. The van der Waals surface area contributed by atoms with Crippen LogP contribution < -0.4 is 9.64 Å². The molecule has 1 aliphatic rings. The first-order valence-corrected chi connectivity index (χ1v) is 10.4. The molecule has 5 heteroatoms. The van der Waals surface area contributed by atoms with Crippen LogP contribution in [0, 0.1) is 6.92 Å². The molecule has 0 spiro atoms. The number of carbonyl (C=O) groups excluding carboxylic acids is 2. The lowest BCUT2D eigenvalue weighted by Crippen LogP contribution is -2.37. The second-order valence-corrected chi connectivity index (χ2v) is 7.52. The van der Waals surface area contributed by atoms with Crippen molar-refractivity contribution in [1.29, 1.82) is 0 Å². The van der Waals surface area contributed by atoms with E-state index < -0.39 is 0 Å². The molecule has 1 aliphatic heterocycles. The molecule has 2 amide bonds. The van der Waals surface area contributed by atoms with Crippen molar-refractivity contribution in [3.8, 4) is 5.75 Å². The molecule has 0 saturated heterocycles. The maximum Gasteiger partial charge on any atom is 0.261 e. The van der Waals surface area contributed by atoms with Crippen LogP contribution in [-0.4, -0.2) is 36.9 Å². The first-order chi connectivity index (χ1) is 15.4. The van der Waals surface area contributed by atoms with Gasteiger partial charge < -0.3 is 9.64 Å². The summed E-state index contributed by atoms with van der Waals surface area (Å²) in [5.74, 6) is 0.103. The van der Waals surface area contributed by atoms with Crippen molar-refractivity contribution in [3.63, 3.8) is 0 Å². The minimum absolute atomic E-state index is 0.0804. The zero-order chi connectivity index (χ0) is 23.3. The lowest BCUT2D eigenvalue weighted by atomic mass is 10.1. The molecule has 0 aromatic heterocycles. The number of fused-ring (bicyclic) bond motifs is 1. The van der Waals surface area contributed by atoms with E-state index in [1.54, 1.807) is 37.5 Å². The number of imide groups is 1. The Kier molecular flexibility index (Phi) is 7.11. The molecular weight excluding hydrogens is 400 g/mol. The van der Waals surface area contributed by atoms with Crippen molar-refractivity contribution >= 4 is 17.5 Å². The molecule has 0 N–H and O–H groups in total. The molecule has 1 heterocycles. The molecule has 0 unspecified atom stereocenters. The van der Waals surface area contributed by atoms with E-state index >= 15 is 0 Å². The quantitative estimate of drug-likeness (QED) is 0.401. The molecule has 3 rings (SSSR count). The third kappa shape index (κ3) is 4.57. The number of anilines is 1. The highest BCUT2D eigenvalue weighted by Gasteiger charge is 2.36. The molecule has 0 fully saturated rings. The van der Waals surface area contributed by atoms with Gasteiger partial charge in [0.05, 0.1) is 24.8 Å². The van der Waals surface area contributed by atoms with Crippen molar-refractivity contribution in [2.75, 3.05) is 25.1 Å². The third-order valence-corrected chi connectivity index (χ3v) is 5.41. The molecular formula is C27H28N2O3. The number of benzene rings is 2. The second kappa shape index (κ2) is 9.96. The monoisotopic (exact) mass is 428 g/mol. The van der Waals surface area contributed by atoms with E-state index in [-0.39, 0.29) is 18.4 Å². The van der Waals surface area contributed by atoms with Gasteiger partial charge >= 0.3 is 0 Å². The molecule has 2 aromatic rings. The second-order valence-electron chi connectivity index (χ2n) is 7.52. The standard InChI is InChI=1S/C27H28N2O3/c1-6-8-11-21(7-2)18-28(25-16-22(32-5)15-14-19(25)3)20(4)17-29-26(30)23-12-9-10-13-24(23)27(29)31/h6-16H,2,4,17-18H2,1,3,5H3/b8-6-,21-11+. The highest BCUT2D eigenvalue weighted by atomic mass is 16.5. The van der Waals surface area contributed by atoms with E-state index in [2.05, 4.69) is 13.2 Å². The summed E-state index contributed by atoms with van der Waals surface area (Å²) in [5.41, 5.74) is 4.34. The van der Waals surface area contributed by atoms with Crippen molar-refractivity contribution in [1.82, 2.24) is 4.90 Å². The number of nitrogens with zero attached hydrogens (tertiary/aromatic N) is 2. The number of carbonyl (C=O) groups is 2. The Morgan fingerprint density at radius 1 is 1.12 bits per heavy atom. The average Bonchev–Trinajstić information content (AvgIpc) is 3.05. The Labute approximate surface area is 189 Å². The highest BCUT2D eigenvalue weighted by molar-refractivity contribution is 6.21. The van der Waals surface area contributed by atoms with Crippen molar-refractivity contribution in [2.24, 2.45) is 0 Å². The number of rotatable bonds is 9. The van der Waals surface area contributed by atoms with Gasteiger partial charge in [-0.1, -0.05) is 55.7 Å². The minimum Gasteiger partial charge on any atom is -0.497 e. The molecule has 32 heavy (non-hydrogen) atoms. The summed E-state index contributed by atoms with van der Waals surface area (Å²) in [6.07, 6.45) is 7.65. The number of allylic oxidation sites excluding steroid dienone is 3.